The molecule has 21 heavy (non-hydrogen) atoms. The molecule has 0 aliphatic heterocycles. The lowest BCUT2D eigenvalue weighted by molar-refractivity contribution is -0.337. The molecule has 0 saturated heterocycles. The van der Waals surface area contributed by atoms with Gasteiger partial charge < -0.3 is 14.6 Å². The van der Waals surface area contributed by atoms with E-state index in [1.165, 1.54) is 12.1 Å². The van der Waals surface area contributed by atoms with Crippen LogP contribution in [0, 0.1) is 3.57 Å². The van der Waals surface area contributed by atoms with Gasteiger partial charge in [0.05, 0.1) is 0 Å². The first kappa shape index (κ1) is 17.6. The molecule has 0 heterocycles. The molecular formula is C11H5F5IO4-. The number of rotatable bonds is 4. The van der Waals surface area contributed by atoms with Gasteiger partial charge in [-0.3, -0.25) is 0 Å². The normalized spacial score (nSPS) is 13.6. The quantitative estimate of drug-likeness (QED) is 0.421. The number of alkyl halides is 5. The van der Waals surface area contributed by atoms with Crippen molar-refractivity contribution in [2.24, 2.45) is 0 Å². The number of carbonyl (C=O) groups excluding carboxylic acids is 2. The van der Waals surface area contributed by atoms with Gasteiger partial charge in [0.15, 0.2) is 6.10 Å². The zero-order valence-corrected chi connectivity index (χ0v) is 11.9. The fraction of sp³-hybridized carbons (Fsp3) is 0.273. The SMILES string of the molecule is O=C(OC(c1ccc(I)cc1)C(F)(F)C(=O)[O-])C(F)(F)F. The summed E-state index contributed by atoms with van der Waals surface area (Å²) in [5.41, 5.74) is -0.609. The number of halogens is 6. The van der Waals surface area contributed by atoms with Crippen molar-refractivity contribution in [3.05, 3.63) is 33.4 Å². The van der Waals surface area contributed by atoms with Crippen molar-refractivity contribution in [3.63, 3.8) is 0 Å². The number of carboxylic acids is 1. The van der Waals surface area contributed by atoms with Crippen LogP contribution in [-0.4, -0.2) is 24.0 Å². The summed E-state index contributed by atoms with van der Waals surface area (Å²) in [7, 11) is 0. The van der Waals surface area contributed by atoms with Crippen LogP contribution in [-0.2, 0) is 14.3 Å². The molecule has 10 heteroatoms. The highest BCUT2D eigenvalue weighted by Gasteiger charge is 2.50. The topological polar surface area (TPSA) is 66.4 Å². The average molecular weight is 423 g/mol. The maximum Gasteiger partial charge on any atom is 0.490 e. The second-order valence-corrected chi connectivity index (χ2v) is 4.99. The first-order valence-electron chi connectivity index (χ1n) is 5.08. The van der Waals surface area contributed by atoms with E-state index in [-0.39, 0.29) is 0 Å². The number of esters is 1. The molecule has 0 saturated carbocycles. The maximum absolute atomic E-state index is 13.4. The van der Waals surface area contributed by atoms with Gasteiger partial charge in [0, 0.05) is 3.57 Å². The van der Waals surface area contributed by atoms with Gasteiger partial charge in [-0.1, -0.05) is 12.1 Å². The molecule has 1 unspecified atom stereocenters. The van der Waals surface area contributed by atoms with E-state index >= 15 is 0 Å². The Kier molecular flexibility index (Phi) is 5.12. The predicted molar refractivity (Wildman–Crippen MR) is 64.0 cm³/mol. The number of aliphatic carboxylic acids is 1. The maximum atomic E-state index is 13.4. The van der Waals surface area contributed by atoms with Crippen molar-refractivity contribution in [2.75, 3.05) is 0 Å². The third-order valence-electron chi connectivity index (χ3n) is 2.23. The van der Waals surface area contributed by atoms with E-state index in [0.717, 1.165) is 12.1 Å². The van der Waals surface area contributed by atoms with Crippen LogP contribution in [0.2, 0.25) is 0 Å². The third kappa shape index (κ3) is 4.25. The average Bonchev–Trinajstić information content (AvgIpc) is 2.35. The standard InChI is InChI=1S/C11H6F5IO4/c12-10(13,8(18)19)7(21-9(20)11(14,15)16)5-1-3-6(17)4-2-5/h1-4,7H,(H,18,19)/p-1. The first-order chi connectivity index (χ1) is 9.46. The highest BCUT2D eigenvalue weighted by Crippen LogP contribution is 2.36. The van der Waals surface area contributed by atoms with Crippen LogP contribution in [0.5, 0.6) is 0 Å². The molecule has 1 aromatic rings. The summed E-state index contributed by atoms with van der Waals surface area (Å²) >= 11 is 1.79. The fourth-order valence-electron chi connectivity index (χ4n) is 1.27. The van der Waals surface area contributed by atoms with Crippen molar-refractivity contribution in [2.45, 2.75) is 18.2 Å². The van der Waals surface area contributed by atoms with Crippen LogP contribution in [0.3, 0.4) is 0 Å². The lowest BCUT2D eigenvalue weighted by atomic mass is 10.0. The summed E-state index contributed by atoms with van der Waals surface area (Å²) in [6, 6.07) is 4.31. The monoisotopic (exact) mass is 423 g/mol. The van der Waals surface area contributed by atoms with Crippen LogP contribution in [0.15, 0.2) is 24.3 Å². The van der Waals surface area contributed by atoms with Crippen LogP contribution >= 0.6 is 22.6 Å². The zero-order chi connectivity index (χ0) is 16.4. The second-order valence-electron chi connectivity index (χ2n) is 3.75. The summed E-state index contributed by atoms with van der Waals surface area (Å²) in [4.78, 5) is 21.1. The molecule has 0 amide bonds. The minimum Gasteiger partial charge on any atom is -0.544 e. The molecule has 116 valence electrons. The number of hydrogen-bond acceptors (Lipinski definition) is 4. The smallest absolute Gasteiger partial charge is 0.490 e. The highest BCUT2D eigenvalue weighted by molar-refractivity contribution is 14.1. The molecule has 0 aliphatic carbocycles. The van der Waals surface area contributed by atoms with Crippen molar-refractivity contribution >= 4 is 34.5 Å². The fourth-order valence-corrected chi connectivity index (χ4v) is 1.63. The van der Waals surface area contributed by atoms with E-state index in [1.54, 1.807) is 22.6 Å². The molecule has 1 atom stereocenters. The van der Waals surface area contributed by atoms with Gasteiger partial charge in [-0.15, -0.1) is 0 Å². The molecule has 0 radical (unpaired) electrons. The van der Waals surface area contributed by atoms with Crippen LogP contribution in [0.1, 0.15) is 11.7 Å². The second kappa shape index (κ2) is 6.12. The summed E-state index contributed by atoms with van der Waals surface area (Å²) < 4.78 is 67.3. The molecule has 0 bridgehead atoms. The van der Waals surface area contributed by atoms with E-state index in [0.29, 0.717) is 3.57 Å². The van der Waals surface area contributed by atoms with Gasteiger partial charge in [-0.05, 0) is 40.3 Å². The number of ether oxygens (including phenoxy) is 1. The summed E-state index contributed by atoms with van der Waals surface area (Å²) in [5.74, 6) is -10.7. The minimum absolute atomic E-state index is 0.550. The van der Waals surface area contributed by atoms with E-state index in [9.17, 15) is 36.6 Å². The van der Waals surface area contributed by atoms with Crippen molar-refractivity contribution < 1.29 is 41.4 Å². The highest BCUT2D eigenvalue weighted by atomic mass is 127. The third-order valence-corrected chi connectivity index (χ3v) is 2.95. The van der Waals surface area contributed by atoms with Gasteiger partial charge in [-0.2, -0.15) is 22.0 Å². The lowest BCUT2D eigenvalue weighted by Crippen LogP contribution is -2.48. The molecule has 0 N–H and O–H groups in total. The van der Waals surface area contributed by atoms with Crippen LogP contribution < -0.4 is 5.11 Å². The Bertz CT molecular complexity index is 541. The first-order valence-corrected chi connectivity index (χ1v) is 6.16. The van der Waals surface area contributed by atoms with Crippen LogP contribution in [0.25, 0.3) is 0 Å². The number of carbonyl (C=O) groups is 2. The van der Waals surface area contributed by atoms with E-state index < -0.39 is 35.7 Å². The molecular weight excluding hydrogens is 418 g/mol. The lowest BCUT2D eigenvalue weighted by Gasteiger charge is -2.27. The Morgan fingerprint density at radius 3 is 1.95 bits per heavy atom. The van der Waals surface area contributed by atoms with E-state index in [4.69, 9.17) is 0 Å². The molecule has 4 nitrogen and oxygen atoms in total. The molecule has 0 aliphatic rings. The Labute approximate surface area is 128 Å². The van der Waals surface area contributed by atoms with Gasteiger partial charge in [0.25, 0.3) is 0 Å². The Balaban J connectivity index is 3.21. The molecule has 0 fully saturated rings. The van der Waals surface area contributed by atoms with E-state index in [1.807, 2.05) is 0 Å². The van der Waals surface area contributed by atoms with Crippen LogP contribution in [0.4, 0.5) is 22.0 Å². The molecule has 1 rings (SSSR count). The predicted octanol–water partition coefficient (Wildman–Crippen LogP) is 1.82. The van der Waals surface area contributed by atoms with E-state index in [2.05, 4.69) is 4.74 Å². The van der Waals surface area contributed by atoms with Crippen molar-refractivity contribution in [3.8, 4) is 0 Å². The Hall–Kier alpha value is -1.46. The summed E-state index contributed by atoms with van der Waals surface area (Å²) in [5, 5.41) is 10.4. The van der Waals surface area contributed by atoms with Crippen molar-refractivity contribution in [1.29, 1.82) is 0 Å². The zero-order valence-electron chi connectivity index (χ0n) is 9.79. The largest absolute Gasteiger partial charge is 0.544 e. The van der Waals surface area contributed by atoms with Gasteiger partial charge >= 0.3 is 18.1 Å². The van der Waals surface area contributed by atoms with Gasteiger partial charge in [0.2, 0.25) is 0 Å². The van der Waals surface area contributed by atoms with Gasteiger partial charge in [-0.25, -0.2) is 4.79 Å². The minimum atomic E-state index is -5.54. The number of hydrogen-bond donors (Lipinski definition) is 0. The summed E-state index contributed by atoms with van der Waals surface area (Å²) in [6.07, 6.45) is -8.49. The van der Waals surface area contributed by atoms with Gasteiger partial charge in [0.1, 0.15) is 5.97 Å². The number of carboxylic acid groups (broad SMARTS) is 1. The molecule has 0 aromatic heterocycles. The van der Waals surface area contributed by atoms with Crippen molar-refractivity contribution in [1.82, 2.24) is 0 Å². The molecule has 1 aromatic carbocycles. The number of benzene rings is 1. The Morgan fingerprint density at radius 2 is 1.57 bits per heavy atom. The Morgan fingerprint density at radius 1 is 1.10 bits per heavy atom. The summed E-state index contributed by atoms with van der Waals surface area (Å²) in [6.45, 7) is 0. The molecule has 0 spiro atoms.